The Kier molecular flexibility index (Phi) is 3.03. The van der Waals surface area contributed by atoms with E-state index in [0.29, 0.717) is 6.42 Å². The molecule has 0 saturated carbocycles. The van der Waals surface area contributed by atoms with Crippen molar-refractivity contribution in [1.29, 1.82) is 0 Å². The molecule has 1 unspecified atom stereocenters. The molecule has 1 aliphatic rings. The number of carbonyl (C=O) groups is 1. The maximum absolute atomic E-state index is 11.3. The molecule has 0 aromatic rings. The summed E-state index contributed by atoms with van der Waals surface area (Å²) in [6.07, 6.45) is 1.21. The van der Waals surface area contributed by atoms with E-state index >= 15 is 0 Å². The molecular weight excluding hydrogens is 180 g/mol. The molecule has 0 saturated heterocycles. The molecule has 0 aromatic heterocycles. The first-order chi connectivity index (χ1) is 6.49. The van der Waals surface area contributed by atoms with Crippen molar-refractivity contribution in [2.75, 3.05) is 0 Å². The topological polar surface area (TPSA) is 51.0 Å². The molecule has 1 aliphatic heterocycles. The molecule has 0 radical (unpaired) electrons. The zero-order valence-corrected chi connectivity index (χ0v) is 9.13. The zero-order valence-electron chi connectivity index (χ0n) is 9.13. The molecule has 4 nitrogen and oxygen atoms in total. The van der Waals surface area contributed by atoms with Gasteiger partial charge in [-0.3, -0.25) is 4.79 Å². The molecule has 1 rings (SSSR count). The number of ether oxygens (including phenoxy) is 1. The average molecular weight is 196 g/mol. The Balaban J connectivity index is 2.70. The Morgan fingerprint density at radius 1 is 1.50 bits per heavy atom. The largest absolute Gasteiger partial charge is 0.432 e. The predicted molar refractivity (Wildman–Crippen MR) is 52.6 cm³/mol. The maximum atomic E-state index is 11.3. The third-order valence-corrected chi connectivity index (χ3v) is 2.40. The first-order valence-electron chi connectivity index (χ1n) is 4.82. The van der Waals surface area contributed by atoms with Gasteiger partial charge in [-0.15, -0.1) is 5.11 Å². The average Bonchev–Trinajstić information content (AvgIpc) is 2.34. The summed E-state index contributed by atoms with van der Waals surface area (Å²) in [5.74, 6) is -0.219. The van der Waals surface area contributed by atoms with Gasteiger partial charge >= 0.3 is 5.97 Å². The predicted octanol–water partition coefficient (Wildman–Crippen LogP) is 2.81. The Hall–Kier alpha value is -1.19. The van der Waals surface area contributed by atoms with E-state index in [9.17, 15) is 4.79 Å². The summed E-state index contributed by atoms with van der Waals surface area (Å²) in [6.45, 7) is 7.44. The maximum Gasteiger partial charge on any atom is 0.308 e. The lowest BCUT2D eigenvalue weighted by molar-refractivity contribution is -0.154. The third kappa shape index (κ3) is 2.00. The molecule has 14 heavy (non-hydrogen) atoms. The second-order valence-corrected chi connectivity index (χ2v) is 3.62. The van der Waals surface area contributed by atoms with Gasteiger partial charge in [-0.05, 0) is 20.3 Å². The third-order valence-electron chi connectivity index (χ3n) is 2.40. The van der Waals surface area contributed by atoms with Gasteiger partial charge in [0.2, 0.25) is 5.72 Å². The van der Waals surface area contributed by atoms with Gasteiger partial charge in [-0.25, -0.2) is 0 Å². The van der Waals surface area contributed by atoms with Crippen LogP contribution in [0.15, 0.2) is 21.5 Å². The van der Waals surface area contributed by atoms with E-state index in [-0.39, 0.29) is 5.97 Å². The van der Waals surface area contributed by atoms with E-state index in [2.05, 4.69) is 10.2 Å². The highest BCUT2D eigenvalue weighted by atomic mass is 16.6. The SMILES string of the molecule is CCCC(=O)OC1(C)N=NC(C)=C1C. The van der Waals surface area contributed by atoms with Gasteiger partial charge < -0.3 is 4.74 Å². The summed E-state index contributed by atoms with van der Waals surface area (Å²) in [6, 6.07) is 0. The quantitative estimate of drug-likeness (QED) is 0.652. The highest BCUT2D eigenvalue weighted by Gasteiger charge is 2.35. The first-order valence-corrected chi connectivity index (χ1v) is 4.82. The number of esters is 1. The number of allylic oxidation sites excluding steroid dienone is 1. The number of hydrogen-bond donors (Lipinski definition) is 0. The van der Waals surface area contributed by atoms with Gasteiger partial charge in [-0.2, -0.15) is 5.11 Å². The number of hydrogen-bond acceptors (Lipinski definition) is 4. The monoisotopic (exact) mass is 196 g/mol. The number of rotatable bonds is 3. The van der Waals surface area contributed by atoms with Crippen molar-refractivity contribution >= 4 is 5.97 Å². The molecule has 1 atom stereocenters. The first kappa shape index (κ1) is 10.9. The van der Waals surface area contributed by atoms with Gasteiger partial charge in [-0.1, -0.05) is 6.92 Å². The summed E-state index contributed by atoms with van der Waals surface area (Å²) in [5.41, 5.74) is 0.870. The van der Waals surface area contributed by atoms with Gasteiger partial charge in [0.25, 0.3) is 0 Å². The molecule has 0 amide bonds. The summed E-state index contributed by atoms with van der Waals surface area (Å²) in [4.78, 5) is 11.3. The van der Waals surface area contributed by atoms with Crippen molar-refractivity contribution in [2.24, 2.45) is 10.2 Å². The minimum atomic E-state index is -0.865. The van der Waals surface area contributed by atoms with Crippen LogP contribution >= 0.6 is 0 Å². The van der Waals surface area contributed by atoms with Crippen LogP contribution in [0.5, 0.6) is 0 Å². The molecule has 0 aliphatic carbocycles. The Labute approximate surface area is 84.1 Å². The minimum Gasteiger partial charge on any atom is -0.432 e. The Morgan fingerprint density at radius 2 is 2.14 bits per heavy atom. The fourth-order valence-electron chi connectivity index (χ4n) is 1.23. The van der Waals surface area contributed by atoms with E-state index in [1.807, 2.05) is 20.8 Å². The Bertz CT molecular complexity index is 307. The molecule has 4 heteroatoms. The molecule has 0 N–H and O–H groups in total. The van der Waals surface area contributed by atoms with E-state index in [1.54, 1.807) is 6.92 Å². The normalized spacial score (nSPS) is 25.7. The van der Waals surface area contributed by atoms with Crippen molar-refractivity contribution in [3.05, 3.63) is 11.3 Å². The number of azo groups is 1. The van der Waals surface area contributed by atoms with Crippen molar-refractivity contribution in [3.63, 3.8) is 0 Å². The summed E-state index contributed by atoms with van der Waals surface area (Å²) < 4.78 is 5.26. The molecule has 0 aromatic carbocycles. The fourth-order valence-corrected chi connectivity index (χ4v) is 1.23. The van der Waals surface area contributed by atoms with E-state index in [4.69, 9.17) is 4.74 Å². The van der Waals surface area contributed by atoms with Crippen molar-refractivity contribution in [1.82, 2.24) is 0 Å². The minimum absolute atomic E-state index is 0.219. The molecular formula is C10H16N2O2. The van der Waals surface area contributed by atoms with Crippen LogP contribution in [0.1, 0.15) is 40.5 Å². The highest BCUT2D eigenvalue weighted by molar-refractivity contribution is 5.70. The molecule has 0 spiro atoms. The lowest BCUT2D eigenvalue weighted by Gasteiger charge is -2.21. The van der Waals surface area contributed by atoms with Crippen LogP contribution in [0.25, 0.3) is 0 Å². The van der Waals surface area contributed by atoms with Crippen molar-refractivity contribution < 1.29 is 9.53 Å². The Morgan fingerprint density at radius 3 is 2.57 bits per heavy atom. The fraction of sp³-hybridized carbons (Fsp3) is 0.700. The summed E-state index contributed by atoms with van der Waals surface area (Å²) >= 11 is 0. The zero-order chi connectivity index (χ0) is 10.8. The van der Waals surface area contributed by atoms with Gasteiger partial charge in [0.05, 0.1) is 5.70 Å². The standard InChI is InChI=1S/C10H16N2O2/c1-5-6-9(13)14-10(4)7(2)8(3)11-12-10/h5-6H2,1-4H3. The number of nitrogens with zero attached hydrogens (tertiary/aromatic N) is 2. The smallest absolute Gasteiger partial charge is 0.308 e. The van der Waals surface area contributed by atoms with Crippen LogP contribution in [0.3, 0.4) is 0 Å². The lowest BCUT2D eigenvalue weighted by atomic mass is 10.1. The second-order valence-electron chi connectivity index (χ2n) is 3.62. The molecule has 0 fully saturated rings. The van der Waals surface area contributed by atoms with Crippen LogP contribution < -0.4 is 0 Å². The van der Waals surface area contributed by atoms with Crippen molar-refractivity contribution in [3.8, 4) is 0 Å². The lowest BCUT2D eigenvalue weighted by Crippen LogP contribution is -2.29. The molecule has 0 bridgehead atoms. The number of carbonyl (C=O) groups excluding carboxylic acids is 1. The van der Waals surface area contributed by atoms with E-state index in [0.717, 1.165) is 17.7 Å². The summed E-state index contributed by atoms with van der Waals surface area (Å²) in [7, 11) is 0. The molecule has 78 valence electrons. The van der Waals surface area contributed by atoms with Gasteiger partial charge in [0.15, 0.2) is 0 Å². The second kappa shape index (κ2) is 3.90. The van der Waals surface area contributed by atoms with E-state index in [1.165, 1.54) is 0 Å². The summed E-state index contributed by atoms with van der Waals surface area (Å²) in [5, 5.41) is 7.87. The van der Waals surface area contributed by atoms with Crippen LogP contribution in [0, 0.1) is 0 Å². The van der Waals surface area contributed by atoms with Crippen LogP contribution in [-0.2, 0) is 9.53 Å². The van der Waals surface area contributed by atoms with Crippen LogP contribution in [0.2, 0.25) is 0 Å². The van der Waals surface area contributed by atoms with Crippen LogP contribution in [-0.4, -0.2) is 11.7 Å². The highest BCUT2D eigenvalue weighted by Crippen LogP contribution is 2.32. The van der Waals surface area contributed by atoms with Crippen molar-refractivity contribution in [2.45, 2.75) is 46.3 Å². The van der Waals surface area contributed by atoms with Crippen LogP contribution in [0.4, 0.5) is 0 Å². The van der Waals surface area contributed by atoms with Gasteiger partial charge in [0, 0.05) is 18.9 Å². The molecule has 1 heterocycles. The van der Waals surface area contributed by atoms with E-state index < -0.39 is 5.72 Å². The van der Waals surface area contributed by atoms with Gasteiger partial charge in [0.1, 0.15) is 0 Å².